The molecule has 0 saturated heterocycles. The quantitative estimate of drug-likeness (QED) is 0.528. The van der Waals surface area contributed by atoms with E-state index in [4.69, 9.17) is 7.85 Å². The summed E-state index contributed by atoms with van der Waals surface area (Å²) < 4.78 is 0. The normalized spacial score (nSPS) is 7.93. The van der Waals surface area contributed by atoms with Gasteiger partial charge in [0.1, 0.15) is 5.68 Å². The second-order valence-corrected chi connectivity index (χ2v) is 2.21. The number of carbonyl (C=O) groups excluding carboxylic acids is 1. The molecule has 68 valence electrons. The first-order chi connectivity index (χ1) is 6.24. The molecule has 0 spiro atoms. The van der Waals surface area contributed by atoms with E-state index in [-0.39, 0.29) is 58.0 Å². The van der Waals surface area contributed by atoms with Crippen LogP contribution in [0.15, 0.2) is 24.3 Å². The summed E-state index contributed by atoms with van der Waals surface area (Å²) in [7, 11) is 4.99. The minimum Gasteiger partial charge on any atom is -0.851 e. The maximum Gasteiger partial charge on any atom is 1.00 e. The number of rotatable bonds is 2. The van der Waals surface area contributed by atoms with Gasteiger partial charge in [-0.15, -0.1) is 6.61 Å². The molecule has 0 aliphatic heterocycles. The Kier molecular flexibility index (Phi) is 12.2. The summed E-state index contributed by atoms with van der Waals surface area (Å²) in [4.78, 5) is 10.5. The molecule has 0 heterocycles. The zero-order valence-corrected chi connectivity index (χ0v) is 12.0. The van der Waals surface area contributed by atoms with Crippen LogP contribution in [0.1, 0.15) is 29.8 Å². The van der Waals surface area contributed by atoms with E-state index in [1.165, 1.54) is 0 Å². The van der Waals surface area contributed by atoms with E-state index in [0.29, 0.717) is 11.1 Å². The van der Waals surface area contributed by atoms with Gasteiger partial charge in [-0.3, -0.25) is 0 Å². The third-order valence-corrected chi connectivity index (χ3v) is 1.41. The fourth-order valence-electron chi connectivity index (χ4n) is 0.765. The van der Waals surface area contributed by atoms with Crippen LogP contribution in [0, 0.1) is 0 Å². The smallest absolute Gasteiger partial charge is 0.851 e. The number of hydrogen-bond donors (Lipinski definition) is 0. The molecule has 1 rings (SSSR count). The van der Waals surface area contributed by atoms with Gasteiger partial charge in [-0.25, -0.2) is 0 Å². The number of hydrogen-bond acceptors (Lipinski definition) is 2. The van der Waals surface area contributed by atoms with Gasteiger partial charge in [0.2, 0.25) is 0 Å². The maximum absolute atomic E-state index is 10.5. The van der Waals surface area contributed by atoms with Crippen LogP contribution in [0.2, 0.25) is 0 Å². The van der Waals surface area contributed by atoms with Crippen LogP contribution in [0.5, 0.6) is 0 Å². The Morgan fingerprint density at radius 3 is 2.00 bits per heavy atom. The fraction of sp³-hybridized carbons (Fsp3) is 0.300. The predicted octanol–water partition coefficient (Wildman–Crippen LogP) is -2.11. The third-order valence-electron chi connectivity index (χ3n) is 1.41. The Labute approximate surface area is 129 Å². The van der Waals surface area contributed by atoms with E-state index in [9.17, 15) is 9.90 Å². The molecule has 0 bridgehead atoms. The van der Waals surface area contributed by atoms with Crippen molar-refractivity contribution in [2.24, 2.45) is 0 Å². The van der Waals surface area contributed by atoms with Crippen molar-refractivity contribution < 1.29 is 61.3 Å². The van der Waals surface area contributed by atoms with E-state index in [1.807, 2.05) is 13.8 Å². The Bertz CT molecular complexity index is 259. The Morgan fingerprint density at radius 1 is 1.29 bits per heavy atom. The van der Waals surface area contributed by atoms with Gasteiger partial charge >= 0.3 is 51.4 Å². The molecule has 4 heteroatoms. The summed E-state index contributed by atoms with van der Waals surface area (Å²) >= 11 is 0. The van der Waals surface area contributed by atoms with Crippen molar-refractivity contribution in [3.63, 3.8) is 0 Å². The molecular formula is C10H12BKO2. The molecule has 0 aliphatic carbocycles. The molecule has 1 aromatic rings. The molecule has 1 aromatic carbocycles. The van der Waals surface area contributed by atoms with Gasteiger partial charge in [0.05, 0.1) is 0 Å². The molecule has 0 fully saturated rings. The van der Waals surface area contributed by atoms with Crippen LogP contribution in [0.4, 0.5) is 0 Å². The minimum atomic E-state index is -0.470. The summed E-state index contributed by atoms with van der Waals surface area (Å²) in [5.74, 6) is 0. The zero-order valence-electron chi connectivity index (χ0n) is 8.91. The minimum absolute atomic E-state index is 0. The third kappa shape index (κ3) is 6.11. The van der Waals surface area contributed by atoms with Crippen LogP contribution >= 0.6 is 0 Å². The standard InChI is InChI=1S/C8H6BO2.C2H6.K/c9-8(11)7-3-1-6(5-10)2-4-7;1-2;/h1-4H,5H2;1-2H3;/q-1;;+1. The van der Waals surface area contributed by atoms with Crippen molar-refractivity contribution in [3.05, 3.63) is 35.4 Å². The molecule has 0 saturated carbocycles. The first-order valence-electron chi connectivity index (χ1n) is 4.21. The maximum atomic E-state index is 10.5. The molecule has 14 heavy (non-hydrogen) atoms. The average Bonchev–Trinajstić information content (AvgIpc) is 2.21. The second kappa shape index (κ2) is 10.1. The molecule has 0 aromatic heterocycles. The van der Waals surface area contributed by atoms with Crippen LogP contribution in [0.3, 0.4) is 0 Å². The van der Waals surface area contributed by atoms with E-state index < -0.39 is 5.68 Å². The predicted molar refractivity (Wildman–Crippen MR) is 51.6 cm³/mol. The molecule has 2 nitrogen and oxygen atoms in total. The van der Waals surface area contributed by atoms with Crippen molar-refractivity contribution in [1.29, 1.82) is 0 Å². The number of benzene rings is 1. The largest absolute Gasteiger partial charge is 1.00 e. The van der Waals surface area contributed by atoms with Gasteiger partial charge in [-0.05, 0) is 0 Å². The number of carbonyl (C=O) groups is 1. The average molecular weight is 214 g/mol. The van der Waals surface area contributed by atoms with Gasteiger partial charge in [0, 0.05) is 5.56 Å². The second-order valence-electron chi connectivity index (χ2n) is 2.21. The molecule has 0 aliphatic rings. The first kappa shape index (κ1) is 17.0. The van der Waals surface area contributed by atoms with Crippen molar-refractivity contribution in [1.82, 2.24) is 0 Å². The Balaban J connectivity index is 0. The summed E-state index contributed by atoms with van der Waals surface area (Å²) in [5, 5.41) is 10.3. The fourth-order valence-corrected chi connectivity index (χ4v) is 0.765. The Morgan fingerprint density at radius 2 is 1.71 bits per heavy atom. The van der Waals surface area contributed by atoms with Crippen LogP contribution in [-0.4, -0.2) is 13.5 Å². The van der Waals surface area contributed by atoms with Crippen molar-refractivity contribution >= 4 is 13.5 Å². The van der Waals surface area contributed by atoms with Gasteiger partial charge in [0.25, 0.3) is 0 Å². The van der Waals surface area contributed by atoms with E-state index in [2.05, 4.69) is 0 Å². The van der Waals surface area contributed by atoms with Gasteiger partial charge in [0.15, 0.2) is 7.85 Å². The van der Waals surface area contributed by atoms with Crippen molar-refractivity contribution in [2.75, 3.05) is 0 Å². The zero-order chi connectivity index (χ0) is 10.3. The summed E-state index contributed by atoms with van der Waals surface area (Å²) in [6.07, 6.45) is 0. The Hall–Kier alpha value is 0.551. The monoisotopic (exact) mass is 214 g/mol. The molecule has 0 amide bonds. The van der Waals surface area contributed by atoms with Crippen LogP contribution < -0.4 is 56.5 Å². The van der Waals surface area contributed by atoms with E-state index >= 15 is 0 Å². The molecule has 0 unspecified atom stereocenters. The van der Waals surface area contributed by atoms with Gasteiger partial charge in [-0.1, -0.05) is 43.7 Å². The summed E-state index contributed by atoms with van der Waals surface area (Å²) in [6, 6.07) is 6.31. The molecule has 0 N–H and O–H groups in total. The molecular weight excluding hydrogens is 202 g/mol. The summed E-state index contributed by atoms with van der Waals surface area (Å²) in [6.45, 7) is 3.74. The van der Waals surface area contributed by atoms with E-state index in [1.54, 1.807) is 24.3 Å². The van der Waals surface area contributed by atoms with Crippen molar-refractivity contribution in [2.45, 2.75) is 20.5 Å². The van der Waals surface area contributed by atoms with Crippen LogP contribution in [-0.2, 0) is 6.61 Å². The van der Waals surface area contributed by atoms with Gasteiger partial charge in [-0.2, -0.15) is 0 Å². The molecule has 2 radical (unpaired) electrons. The van der Waals surface area contributed by atoms with Gasteiger partial charge < -0.3 is 9.90 Å². The summed E-state index contributed by atoms with van der Waals surface area (Å²) in [5.41, 5.74) is 0.625. The van der Waals surface area contributed by atoms with E-state index in [0.717, 1.165) is 0 Å². The van der Waals surface area contributed by atoms with Crippen molar-refractivity contribution in [3.8, 4) is 0 Å². The molecule has 0 atom stereocenters. The van der Waals surface area contributed by atoms with Crippen LogP contribution in [0.25, 0.3) is 0 Å². The SMILES string of the molecule is CC.[B]C(=O)c1ccc(C[O-])cc1.[K+]. The first-order valence-corrected chi connectivity index (χ1v) is 4.21. The topological polar surface area (TPSA) is 40.1 Å².